The highest BCUT2D eigenvalue weighted by molar-refractivity contribution is 14.0. The van der Waals surface area contributed by atoms with Crippen molar-refractivity contribution in [1.82, 2.24) is 0 Å². The van der Waals surface area contributed by atoms with Gasteiger partial charge in [-0.15, -0.1) is 24.0 Å². The number of aliphatic imine (C=N–C) groups is 1. The Kier molecular flexibility index (Phi) is 5.59. The number of nitrogens with zero attached hydrogens (tertiary/aromatic N) is 1. The molecule has 0 fully saturated rings. The molecule has 4 nitrogen and oxygen atoms in total. The van der Waals surface area contributed by atoms with Crippen molar-refractivity contribution in [2.24, 2.45) is 10.7 Å². The maximum absolute atomic E-state index is 13.3. The van der Waals surface area contributed by atoms with E-state index in [1.54, 1.807) is 6.07 Å². The zero-order chi connectivity index (χ0) is 15.5. The van der Waals surface area contributed by atoms with Crippen LogP contribution in [0.2, 0.25) is 0 Å². The zero-order valence-electron chi connectivity index (χ0n) is 12.5. The molecule has 120 valence electrons. The van der Waals surface area contributed by atoms with Crippen LogP contribution in [0.1, 0.15) is 11.3 Å². The van der Waals surface area contributed by atoms with Gasteiger partial charge in [0.25, 0.3) is 0 Å². The van der Waals surface area contributed by atoms with Crippen LogP contribution in [0.4, 0.5) is 10.1 Å². The maximum atomic E-state index is 13.3. The minimum absolute atomic E-state index is 0. The highest BCUT2D eigenvalue weighted by Gasteiger charge is 2.10. The van der Waals surface area contributed by atoms with Gasteiger partial charge in [-0.05, 0) is 37.3 Å². The monoisotopic (exact) mass is 425 g/mol. The number of para-hydroxylation sites is 1. The fourth-order valence-corrected chi connectivity index (χ4v) is 2.26. The van der Waals surface area contributed by atoms with E-state index in [0.29, 0.717) is 23.8 Å². The van der Waals surface area contributed by atoms with Crippen LogP contribution in [0.25, 0.3) is 11.0 Å². The molecule has 23 heavy (non-hydrogen) atoms. The van der Waals surface area contributed by atoms with Gasteiger partial charge in [0.15, 0.2) is 5.96 Å². The lowest BCUT2D eigenvalue weighted by atomic mass is 10.1. The molecule has 0 spiro atoms. The molecule has 0 amide bonds. The third kappa shape index (κ3) is 4.01. The van der Waals surface area contributed by atoms with Gasteiger partial charge < -0.3 is 15.5 Å². The number of nitrogens with one attached hydrogen (secondary N) is 1. The fourth-order valence-electron chi connectivity index (χ4n) is 2.26. The molecular weight excluding hydrogens is 408 g/mol. The molecule has 3 N–H and O–H groups in total. The number of fused-ring (bicyclic) bond motifs is 1. The van der Waals surface area contributed by atoms with Crippen molar-refractivity contribution in [3.05, 3.63) is 65.7 Å². The van der Waals surface area contributed by atoms with E-state index >= 15 is 0 Å². The number of anilines is 1. The predicted octanol–water partition coefficient (Wildman–Crippen LogP) is 4.43. The number of hydrogen-bond donors (Lipinski definition) is 2. The Bertz CT molecular complexity index is 830. The van der Waals surface area contributed by atoms with Crippen LogP contribution >= 0.6 is 24.0 Å². The van der Waals surface area contributed by atoms with Crippen LogP contribution in [0.5, 0.6) is 0 Å². The number of halogens is 2. The SMILES string of the molecule is Cc1c(CN=C(N)Nc2ccccc2)oc2ccc(F)cc12.I. The van der Waals surface area contributed by atoms with Gasteiger partial charge in [0, 0.05) is 16.6 Å². The van der Waals surface area contributed by atoms with Crippen LogP contribution in [-0.2, 0) is 6.54 Å². The first-order chi connectivity index (χ1) is 10.6. The first-order valence-electron chi connectivity index (χ1n) is 6.93. The lowest BCUT2D eigenvalue weighted by Gasteiger charge is -2.04. The van der Waals surface area contributed by atoms with Crippen molar-refractivity contribution in [3.8, 4) is 0 Å². The molecule has 3 rings (SSSR count). The normalized spacial score (nSPS) is 11.3. The molecule has 3 aromatic rings. The Morgan fingerprint density at radius 1 is 1.22 bits per heavy atom. The minimum Gasteiger partial charge on any atom is -0.459 e. The zero-order valence-corrected chi connectivity index (χ0v) is 14.9. The van der Waals surface area contributed by atoms with Crippen molar-refractivity contribution in [2.45, 2.75) is 13.5 Å². The van der Waals surface area contributed by atoms with Crippen molar-refractivity contribution < 1.29 is 8.81 Å². The number of nitrogens with two attached hydrogens (primary N) is 1. The molecule has 2 aromatic carbocycles. The second-order valence-electron chi connectivity index (χ2n) is 4.98. The van der Waals surface area contributed by atoms with E-state index < -0.39 is 0 Å². The van der Waals surface area contributed by atoms with Crippen LogP contribution in [0.3, 0.4) is 0 Å². The lowest BCUT2D eigenvalue weighted by molar-refractivity contribution is 0.548. The third-order valence-electron chi connectivity index (χ3n) is 3.44. The summed E-state index contributed by atoms with van der Waals surface area (Å²) in [6.45, 7) is 2.19. The van der Waals surface area contributed by atoms with Gasteiger partial charge >= 0.3 is 0 Å². The van der Waals surface area contributed by atoms with Gasteiger partial charge in [-0.2, -0.15) is 0 Å². The molecule has 0 atom stereocenters. The van der Waals surface area contributed by atoms with Gasteiger partial charge in [-0.25, -0.2) is 9.38 Å². The number of hydrogen-bond acceptors (Lipinski definition) is 2. The van der Waals surface area contributed by atoms with E-state index in [9.17, 15) is 4.39 Å². The Hall–Kier alpha value is -2.09. The summed E-state index contributed by atoms with van der Waals surface area (Å²) < 4.78 is 19.0. The Morgan fingerprint density at radius 3 is 2.70 bits per heavy atom. The summed E-state index contributed by atoms with van der Waals surface area (Å²) in [5.41, 5.74) is 8.26. The molecule has 0 saturated carbocycles. The van der Waals surface area contributed by atoms with E-state index in [4.69, 9.17) is 10.2 Å². The molecule has 0 radical (unpaired) electrons. The van der Waals surface area contributed by atoms with Crippen LogP contribution in [-0.4, -0.2) is 5.96 Å². The molecule has 0 aliphatic rings. The Morgan fingerprint density at radius 2 is 1.96 bits per heavy atom. The van der Waals surface area contributed by atoms with Gasteiger partial charge in [-0.1, -0.05) is 18.2 Å². The average Bonchev–Trinajstić information content (AvgIpc) is 2.82. The quantitative estimate of drug-likeness (QED) is 0.371. The second-order valence-corrected chi connectivity index (χ2v) is 4.98. The molecule has 0 unspecified atom stereocenters. The summed E-state index contributed by atoms with van der Waals surface area (Å²) in [5, 5.41) is 3.76. The van der Waals surface area contributed by atoms with E-state index in [0.717, 1.165) is 16.6 Å². The van der Waals surface area contributed by atoms with Gasteiger partial charge in [-0.3, -0.25) is 0 Å². The van der Waals surface area contributed by atoms with Gasteiger partial charge in [0.2, 0.25) is 0 Å². The Labute approximate surface area is 150 Å². The number of benzene rings is 2. The van der Waals surface area contributed by atoms with Crippen molar-refractivity contribution in [1.29, 1.82) is 0 Å². The summed E-state index contributed by atoms with van der Waals surface area (Å²) >= 11 is 0. The predicted molar refractivity (Wildman–Crippen MR) is 102 cm³/mol. The second kappa shape index (κ2) is 7.45. The minimum atomic E-state index is -0.281. The van der Waals surface area contributed by atoms with E-state index in [1.807, 2.05) is 37.3 Å². The summed E-state index contributed by atoms with van der Waals surface area (Å²) in [6.07, 6.45) is 0. The molecule has 0 bridgehead atoms. The van der Waals surface area contributed by atoms with Gasteiger partial charge in [0.1, 0.15) is 23.7 Å². The summed E-state index contributed by atoms with van der Waals surface area (Å²) in [5.74, 6) is 0.701. The van der Waals surface area contributed by atoms with Crippen molar-refractivity contribution >= 4 is 46.6 Å². The standard InChI is InChI=1S/C17H16FN3O.HI/c1-11-14-9-12(18)7-8-15(14)22-16(11)10-20-17(19)21-13-5-3-2-4-6-13;/h2-9H,10H2,1H3,(H3,19,20,21);1H. The van der Waals surface area contributed by atoms with Crippen molar-refractivity contribution in [2.75, 3.05) is 5.32 Å². The first-order valence-corrected chi connectivity index (χ1v) is 6.93. The summed E-state index contributed by atoms with van der Waals surface area (Å²) in [6, 6.07) is 14.0. The number of aryl methyl sites for hydroxylation is 1. The number of furan rings is 1. The number of guanidine groups is 1. The molecule has 0 aliphatic carbocycles. The summed E-state index contributed by atoms with van der Waals surface area (Å²) in [4.78, 5) is 4.26. The van der Waals surface area contributed by atoms with Crippen LogP contribution in [0, 0.1) is 12.7 Å². The smallest absolute Gasteiger partial charge is 0.193 e. The highest BCUT2D eigenvalue weighted by Crippen LogP contribution is 2.26. The van der Waals surface area contributed by atoms with E-state index in [-0.39, 0.29) is 29.8 Å². The molecule has 0 aliphatic heterocycles. The summed E-state index contributed by atoms with van der Waals surface area (Å²) in [7, 11) is 0. The fraction of sp³-hybridized carbons (Fsp3) is 0.118. The average molecular weight is 425 g/mol. The molecule has 1 aromatic heterocycles. The number of rotatable bonds is 3. The highest BCUT2D eigenvalue weighted by atomic mass is 127. The molecular formula is C17H17FIN3O. The van der Waals surface area contributed by atoms with Crippen LogP contribution < -0.4 is 11.1 Å². The van der Waals surface area contributed by atoms with Crippen LogP contribution in [0.15, 0.2) is 57.9 Å². The first kappa shape index (κ1) is 17.3. The third-order valence-corrected chi connectivity index (χ3v) is 3.44. The Balaban J connectivity index is 0.00000192. The van der Waals surface area contributed by atoms with Gasteiger partial charge in [0.05, 0.1) is 0 Å². The maximum Gasteiger partial charge on any atom is 0.193 e. The van der Waals surface area contributed by atoms with E-state index in [1.165, 1.54) is 12.1 Å². The molecule has 1 heterocycles. The lowest BCUT2D eigenvalue weighted by Crippen LogP contribution is -2.22. The topological polar surface area (TPSA) is 63.5 Å². The van der Waals surface area contributed by atoms with Crippen molar-refractivity contribution in [3.63, 3.8) is 0 Å². The molecule has 0 saturated heterocycles. The largest absolute Gasteiger partial charge is 0.459 e. The molecule has 6 heteroatoms. The van der Waals surface area contributed by atoms with E-state index in [2.05, 4.69) is 10.3 Å².